The molecule has 0 bridgehead atoms. The zero-order chi connectivity index (χ0) is 29.6. The molecule has 1 heteroatoms. The molecule has 0 radical (unpaired) electrons. The number of aryl methyl sites for hydroxylation is 7. The minimum Gasteiger partial charge on any atom is -0.179 e. The number of hydrogen-bond acceptors (Lipinski definition) is 1. The zero-order valence-corrected chi connectivity index (χ0v) is 27.7. The molecule has 0 aromatic heterocycles. The highest BCUT2D eigenvalue weighted by Gasteiger charge is 2.09. The van der Waals surface area contributed by atoms with Gasteiger partial charge in [-0.15, -0.1) is 0 Å². The van der Waals surface area contributed by atoms with Gasteiger partial charge in [0, 0.05) is 0 Å². The predicted octanol–water partition coefficient (Wildman–Crippen LogP) is 11.4. The molecule has 220 valence electrons. The maximum absolute atomic E-state index is 4.36. The molecule has 0 saturated heterocycles. The molecule has 0 amide bonds. The van der Waals surface area contributed by atoms with Gasteiger partial charge in [0.05, 0.1) is 0 Å². The maximum Gasteiger partial charge on any atom is -0.00979 e. The van der Waals surface area contributed by atoms with Crippen molar-refractivity contribution >= 4 is 36.9 Å². The fourth-order valence-corrected chi connectivity index (χ4v) is 6.14. The first-order chi connectivity index (χ1) is 20.0. The van der Waals surface area contributed by atoms with E-state index in [0.717, 1.165) is 44.3 Å². The van der Waals surface area contributed by atoms with E-state index in [1.54, 1.807) is 5.56 Å². The lowest BCUT2D eigenvalue weighted by atomic mass is 9.91. The second-order valence-corrected chi connectivity index (χ2v) is 11.7. The largest absolute Gasteiger partial charge is 0.179 e. The Labute approximate surface area is 257 Å². The van der Waals surface area contributed by atoms with Crippen LogP contribution in [0.1, 0.15) is 128 Å². The molecule has 0 N–H and O–H groups in total. The van der Waals surface area contributed by atoms with Crippen LogP contribution >= 0.6 is 12.6 Å². The Hall–Kier alpha value is -2.51. The molecule has 0 aliphatic rings. The molecular weight excluding hydrogens is 513 g/mol. The summed E-state index contributed by atoms with van der Waals surface area (Å²) in [5.41, 5.74) is 15.7. The van der Waals surface area contributed by atoms with Crippen LogP contribution in [0.5, 0.6) is 0 Å². The Morgan fingerprint density at radius 2 is 0.902 bits per heavy atom. The van der Waals surface area contributed by atoms with E-state index in [4.69, 9.17) is 0 Å². The Bertz CT molecular complexity index is 1310. The van der Waals surface area contributed by atoms with Crippen LogP contribution in [-0.4, -0.2) is 5.75 Å². The predicted molar refractivity (Wildman–Crippen MR) is 189 cm³/mol. The first kappa shape index (κ1) is 33.0. The number of thiol groups is 1. The molecule has 0 heterocycles. The average Bonchev–Trinajstić information content (AvgIpc) is 3.02. The van der Waals surface area contributed by atoms with Crippen LogP contribution in [0, 0.1) is 0 Å². The van der Waals surface area contributed by atoms with Crippen molar-refractivity contribution in [3.05, 3.63) is 104 Å². The first-order valence-corrected chi connectivity index (χ1v) is 17.0. The third-order valence-electron chi connectivity index (χ3n) is 8.62. The van der Waals surface area contributed by atoms with E-state index in [2.05, 4.69) is 121 Å². The molecule has 41 heavy (non-hydrogen) atoms. The van der Waals surface area contributed by atoms with E-state index >= 15 is 0 Å². The molecule has 0 aliphatic carbocycles. The molecule has 0 fully saturated rings. The van der Waals surface area contributed by atoms with Crippen molar-refractivity contribution in [3.63, 3.8) is 0 Å². The van der Waals surface area contributed by atoms with Crippen molar-refractivity contribution in [1.82, 2.24) is 0 Å². The van der Waals surface area contributed by atoms with E-state index in [1.807, 2.05) is 0 Å². The van der Waals surface area contributed by atoms with Gasteiger partial charge in [0.1, 0.15) is 0 Å². The lowest BCUT2D eigenvalue weighted by Crippen LogP contribution is -1.99. The van der Waals surface area contributed by atoms with Crippen LogP contribution < -0.4 is 0 Å². The van der Waals surface area contributed by atoms with Crippen molar-refractivity contribution in [2.75, 3.05) is 5.75 Å². The van der Waals surface area contributed by atoms with Gasteiger partial charge in [0.2, 0.25) is 0 Å². The minimum atomic E-state index is 1.01. The highest BCUT2D eigenvalue weighted by atomic mass is 32.1. The molecule has 0 aliphatic heterocycles. The summed E-state index contributed by atoms with van der Waals surface area (Å²) in [4.78, 5) is 0. The average molecular weight is 567 g/mol. The third kappa shape index (κ3) is 9.24. The van der Waals surface area contributed by atoms with E-state index in [9.17, 15) is 0 Å². The van der Waals surface area contributed by atoms with Crippen LogP contribution in [0.4, 0.5) is 0 Å². The monoisotopic (exact) mass is 566 g/mol. The Morgan fingerprint density at radius 3 is 1.39 bits per heavy atom. The van der Waals surface area contributed by atoms with Gasteiger partial charge in [0.15, 0.2) is 0 Å². The van der Waals surface area contributed by atoms with Crippen molar-refractivity contribution in [2.24, 2.45) is 0 Å². The van der Waals surface area contributed by atoms with Crippen LogP contribution in [0.25, 0.3) is 24.3 Å². The van der Waals surface area contributed by atoms with Crippen LogP contribution in [-0.2, 0) is 44.9 Å². The van der Waals surface area contributed by atoms with E-state index in [1.165, 1.54) is 87.7 Å². The summed E-state index contributed by atoms with van der Waals surface area (Å²) in [6, 6.07) is 16.8. The molecule has 0 atom stereocenters. The molecule has 3 aromatic carbocycles. The number of hydrogen-bond donors (Lipinski definition) is 1. The van der Waals surface area contributed by atoms with Gasteiger partial charge in [-0.3, -0.25) is 0 Å². The molecular formula is C40H54S. The molecule has 0 spiro atoms. The third-order valence-corrected chi connectivity index (χ3v) is 8.94. The molecule has 3 rings (SSSR count). The van der Waals surface area contributed by atoms with Crippen LogP contribution in [0.15, 0.2) is 42.5 Å². The summed E-state index contributed by atoms with van der Waals surface area (Å²) >= 11 is 4.36. The molecule has 0 unspecified atom stereocenters. The van der Waals surface area contributed by atoms with Crippen molar-refractivity contribution < 1.29 is 0 Å². The number of rotatable bonds is 16. The second-order valence-electron chi connectivity index (χ2n) is 11.3. The zero-order valence-electron chi connectivity index (χ0n) is 26.8. The van der Waals surface area contributed by atoms with E-state index < -0.39 is 0 Å². The Balaban J connectivity index is 1.90. The van der Waals surface area contributed by atoms with Gasteiger partial charge < -0.3 is 0 Å². The first-order valence-electron chi connectivity index (χ1n) is 16.4. The topological polar surface area (TPSA) is 0 Å². The number of benzene rings is 3. The number of unbranched alkanes of at least 4 members (excludes halogenated alkanes) is 3. The quantitative estimate of drug-likeness (QED) is 0.0995. The lowest BCUT2D eigenvalue weighted by molar-refractivity contribution is 0.668. The van der Waals surface area contributed by atoms with Gasteiger partial charge in [-0.1, -0.05) is 121 Å². The molecule has 0 nitrogen and oxygen atoms in total. The molecule has 0 saturated carbocycles. The highest BCUT2D eigenvalue weighted by Crippen LogP contribution is 2.27. The van der Waals surface area contributed by atoms with Gasteiger partial charge >= 0.3 is 0 Å². The standard InChI is InChI=1S/C40H54S/c1-7-30-18-19-31(8-2)37(25-30)20-21-38-28-35(12-6)40(29-34(38)11-5)23-22-39-27-32(9-3)36(26-33(39)10-4)17-15-13-14-16-24-41/h18-23,25-29,41H,7-17,24H2,1-6H3/b21-20+,23-22+. The molecule has 3 aromatic rings. The minimum absolute atomic E-state index is 1.01. The maximum atomic E-state index is 4.36. The Kier molecular flexibility index (Phi) is 14.0. The summed E-state index contributed by atoms with van der Waals surface area (Å²) in [5, 5.41) is 0. The van der Waals surface area contributed by atoms with Crippen molar-refractivity contribution in [1.29, 1.82) is 0 Å². The van der Waals surface area contributed by atoms with E-state index in [0.29, 0.717) is 0 Å². The van der Waals surface area contributed by atoms with E-state index in [-0.39, 0.29) is 0 Å². The van der Waals surface area contributed by atoms with Crippen molar-refractivity contribution in [3.8, 4) is 0 Å². The summed E-state index contributed by atoms with van der Waals surface area (Å²) < 4.78 is 0. The van der Waals surface area contributed by atoms with Crippen LogP contribution in [0.2, 0.25) is 0 Å². The van der Waals surface area contributed by atoms with Crippen LogP contribution in [0.3, 0.4) is 0 Å². The van der Waals surface area contributed by atoms with Gasteiger partial charge in [-0.2, -0.15) is 12.6 Å². The summed E-state index contributed by atoms with van der Waals surface area (Å²) in [6.07, 6.45) is 22.1. The van der Waals surface area contributed by atoms with Gasteiger partial charge in [-0.05, 0) is 125 Å². The fraction of sp³-hybridized carbons (Fsp3) is 0.450. The summed E-state index contributed by atoms with van der Waals surface area (Å²) in [5.74, 6) is 1.01. The SMILES string of the molecule is CCc1ccc(CC)c(/C=C/c2cc(CC)c(/C=C/c3cc(CC)c(CCCCCCS)cc3CC)cc2CC)c1. The fourth-order valence-electron chi connectivity index (χ4n) is 5.91. The smallest absolute Gasteiger partial charge is 0.00979 e. The van der Waals surface area contributed by atoms with Gasteiger partial charge in [-0.25, -0.2) is 0 Å². The van der Waals surface area contributed by atoms with Crippen molar-refractivity contribution in [2.45, 2.75) is 112 Å². The normalized spacial score (nSPS) is 11.8. The summed E-state index contributed by atoms with van der Waals surface area (Å²) in [6.45, 7) is 13.6. The highest BCUT2D eigenvalue weighted by molar-refractivity contribution is 7.80. The van der Waals surface area contributed by atoms with Gasteiger partial charge in [0.25, 0.3) is 0 Å². The lowest BCUT2D eigenvalue weighted by Gasteiger charge is -2.14. The summed E-state index contributed by atoms with van der Waals surface area (Å²) in [7, 11) is 0. The Morgan fingerprint density at radius 1 is 0.439 bits per heavy atom. The second kappa shape index (κ2) is 17.4.